The average molecular weight is 293 g/mol. The highest BCUT2D eigenvalue weighted by atomic mass is 32.2. The molecule has 1 heterocycles. The first-order valence-corrected chi connectivity index (χ1v) is 8.21. The molecule has 1 aromatic rings. The first kappa shape index (κ1) is 15.4. The fourth-order valence-corrected chi connectivity index (χ4v) is 2.93. The Balaban J connectivity index is 1.51. The van der Waals surface area contributed by atoms with Crippen LogP contribution in [0.25, 0.3) is 0 Å². The van der Waals surface area contributed by atoms with Crippen molar-refractivity contribution >= 4 is 17.7 Å². The summed E-state index contributed by atoms with van der Waals surface area (Å²) >= 11 is 1.58. The van der Waals surface area contributed by atoms with Gasteiger partial charge >= 0.3 is 0 Å². The number of piperazine rings is 1. The summed E-state index contributed by atoms with van der Waals surface area (Å²) in [5.41, 5.74) is 0. The van der Waals surface area contributed by atoms with Gasteiger partial charge in [0.05, 0.1) is 5.75 Å². The summed E-state index contributed by atoms with van der Waals surface area (Å²) < 4.78 is 0. The minimum absolute atomic E-state index is 0.124. The smallest absolute Gasteiger partial charge is 0.230 e. The lowest BCUT2D eigenvalue weighted by Gasteiger charge is -2.27. The number of benzene rings is 1. The van der Waals surface area contributed by atoms with E-state index in [-0.39, 0.29) is 5.91 Å². The molecule has 0 radical (unpaired) electrons. The van der Waals surface area contributed by atoms with E-state index in [1.54, 1.807) is 11.8 Å². The van der Waals surface area contributed by atoms with Crippen molar-refractivity contribution in [2.45, 2.75) is 11.3 Å². The van der Waals surface area contributed by atoms with Crippen LogP contribution in [0, 0.1) is 0 Å². The van der Waals surface area contributed by atoms with Crippen molar-refractivity contribution in [3.05, 3.63) is 30.3 Å². The van der Waals surface area contributed by atoms with Gasteiger partial charge in [-0.3, -0.25) is 4.79 Å². The third kappa shape index (κ3) is 5.94. The van der Waals surface area contributed by atoms with Gasteiger partial charge in [-0.05, 0) is 25.1 Å². The van der Waals surface area contributed by atoms with Gasteiger partial charge in [-0.1, -0.05) is 18.2 Å². The van der Waals surface area contributed by atoms with Gasteiger partial charge < -0.3 is 15.5 Å². The van der Waals surface area contributed by atoms with E-state index in [1.807, 2.05) is 30.3 Å². The van der Waals surface area contributed by atoms with Crippen LogP contribution in [0.4, 0.5) is 0 Å². The molecule has 0 aromatic heterocycles. The Morgan fingerprint density at radius 1 is 1.25 bits per heavy atom. The summed E-state index contributed by atoms with van der Waals surface area (Å²) in [7, 11) is 0. The zero-order chi connectivity index (χ0) is 14.0. The Bertz CT molecular complexity index is 393. The highest BCUT2D eigenvalue weighted by molar-refractivity contribution is 8.00. The number of hydrogen-bond donors (Lipinski definition) is 2. The largest absolute Gasteiger partial charge is 0.355 e. The van der Waals surface area contributed by atoms with Gasteiger partial charge in [0.1, 0.15) is 0 Å². The molecule has 1 aromatic carbocycles. The fraction of sp³-hybridized carbons (Fsp3) is 0.533. The Hall–Kier alpha value is -1.04. The van der Waals surface area contributed by atoms with Crippen LogP contribution in [-0.4, -0.2) is 55.8 Å². The van der Waals surface area contributed by atoms with E-state index in [0.717, 1.165) is 50.6 Å². The van der Waals surface area contributed by atoms with Gasteiger partial charge in [-0.15, -0.1) is 11.8 Å². The maximum absolute atomic E-state index is 11.7. The van der Waals surface area contributed by atoms with E-state index in [2.05, 4.69) is 15.5 Å². The molecule has 0 aliphatic carbocycles. The van der Waals surface area contributed by atoms with Gasteiger partial charge in [-0.2, -0.15) is 0 Å². The molecular formula is C15H23N3OS. The number of carbonyl (C=O) groups excluding carboxylic acids is 1. The molecule has 1 fully saturated rings. The average Bonchev–Trinajstić information content (AvgIpc) is 2.52. The molecule has 20 heavy (non-hydrogen) atoms. The molecule has 0 atom stereocenters. The Kier molecular flexibility index (Phi) is 6.91. The second kappa shape index (κ2) is 9.00. The monoisotopic (exact) mass is 293 g/mol. The SMILES string of the molecule is O=C(CSc1ccccc1)NCCCN1CCNCC1. The van der Waals surface area contributed by atoms with Gasteiger partial charge in [0.25, 0.3) is 0 Å². The molecule has 0 bridgehead atoms. The van der Waals surface area contributed by atoms with Gasteiger partial charge in [0.15, 0.2) is 0 Å². The maximum Gasteiger partial charge on any atom is 0.230 e. The van der Waals surface area contributed by atoms with Crippen molar-refractivity contribution in [2.24, 2.45) is 0 Å². The van der Waals surface area contributed by atoms with Crippen LogP contribution in [0.15, 0.2) is 35.2 Å². The lowest BCUT2D eigenvalue weighted by molar-refractivity contribution is -0.118. The number of thioether (sulfide) groups is 1. The minimum atomic E-state index is 0.124. The van der Waals surface area contributed by atoms with Crippen molar-refractivity contribution in [1.82, 2.24) is 15.5 Å². The highest BCUT2D eigenvalue weighted by Crippen LogP contribution is 2.16. The molecule has 1 saturated heterocycles. The molecule has 0 unspecified atom stereocenters. The van der Waals surface area contributed by atoms with E-state index in [4.69, 9.17) is 0 Å². The van der Waals surface area contributed by atoms with Crippen LogP contribution in [0.5, 0.6) is 0 Å². The zero-order valence-electron chi connectivity index (χ0n) is 11.8. The molecule has 2 rings (SSSR count). The quantitative estimate of drug-likeness (QED) is 0.585. The standard InChI is InChI=1S/C15H23N3OS/c19-15(13-20-14-5-2-1-3-6-14)17-7-4-10-18-11-8-16-9-12-18/h1-3,5-6,16H,4,7-13H2,(H,17,19). The third-order valence-corrected chi connectivity index (χ3v) is 4.31. The molecule has 5 heteroatoms. The molecule has 1 amide bonds. The van der Waals surface area contributed by atoms with Gasteiger partial charge in [-0.25, -0.2) is 0 Å². The molecular weight excluding hydrogens is 270 g/mol. The van der Waals surface area contributed by atoms with Crippen LogP contribution < -0.4 is 10.6 Å². The first-order chi connectivity index (χ1) is 9.84. The van der Waals surface area contributed by atoms with Crippen molar-refractivity contribution in [1.29, 1.82) is 0 Å². The van der Waals surface area contributed by atoms with Crippen molar-refractivity contribution in [3.63, 3.8) is 0 Å². The molecule has 110 valence electrons. The molecule has 0 saturated carbocycles. The van der Waals surface area contributed by atoms with E-state index in [1.165, 1.54) is 0 Å². The summed E-state index contributed by atoms with van der Waals surface area (Å²) in [5, 5.41) is 6.33. The van der Waals surface area contributed by atoms with Gasteiger partial charge in [0.2, 0.25) is 5.91 Å². The summed E-state index contributed by atoms with van der Waals surface area (Å²) in [6.45, 7) is 6.27. The summed E-state index contributed by atoms with van der Waals surface area (Å²) in [6.07, 6.45) is 1.03. The van der Waals surface area contributed by atoms with Crippen molar-refractivity contribution < 1.29 is 4.79 Å². The number of amides is 1. The molecule has 2 N–H and O–H groups in total. The summed E-state index contributed by atoms with van der Waals surface area (Å²) in [6, 6.07) is 10.0. The lowest BCUT2D eigenvalue weighted by Crippen LogP contribution is -2.44. The van der Waals surface area contributed by atoms with E-state index in [9.17, 15) is 4.79 Å². The second-order valence-corrected chi connectivity index (χ2v) is 5.95. The summed E-state index contributed by atoms with van der Waals surface area (Å²) in [4.78, 5) is 15.3. The lowest BCUT2D eigenvalue weighted by atomic mass is 10.3. The topological polar surface area (TPSA) is 44.4 Å². The number of nitrogens with zero attached hydrogens (tertiary/aromatic N) is 1. The Labute approximate surface area is 125 Å². The minimum Gasteiger partial charge on any atom is -0.355 e. The van der Waals surface area contributed by atoms with Gasteiger partial charge in [0, 0.05) is 37.6 Å². The maximum atomic E-state index is 11.7. The van der Waals surface area contributed by atoms with Crippen LogP contribution >= 0.6 is 11.8 Å². The fourth-order valence-electron chi connectivity index (χ4n) is 2.18. The Morgan fingerprint density at radius 2 is 2.00 bits per heavy atom. The van der Waals surface area contributed by atoms with Crippen LogP contribution in [-0.2, 0) is 4.79 Å². The normalized spacial score (nSPS) is 16.0. The third-order valence-electron chi connectivity index (χ3n) is 3.30. The van der Waals surface area contributed by atoms with E-state index < -0.39 is 0 Å². The predicted octanol–water partition coefficient (Wildman–Crippen LogP) is 1.19. The predicted molar refractivity (Wildman–Crippen MR) is 84.1 cm³/mol. The van der Waals surface area contributed by atoms with E-state index in [0.29, 0.717) is 5.75 Å². The number of hydrogen-bond acceptors (Lipinski definition) is 4. The van der Waals surface area contributed by atoms with E-state index >= 15 is 0 Å². The van der Waals surface area contributed by atoms with Crippen LogP contribution in [0.1, 0.15) is 6.42 Å². The number of nitrogens with one attached hydrogen (secondary N) is 2. The van der Waals surface area contributed by atoms with Crippen LogP contribution in [0.2, 0.25) is 0 Å². The number of carbonyl (C=O) groups is 1. The summed E-state index contributed by atoms with van der Waals surface area (Å²) in [5.74, 6) is 0.622. The Morgan fingerprint density at radius 3 is 2.75 bits per heavy atom. The first-order valence-electron chi connectivity index (χ1n) is 7.22. The molecule has 4 nitrogen and oxygen atoms in total. The number of rotatable bonds is 7. The van der Waals surface area contributed by atoms with Crippen molar-refractivity contribution in [3.8, 4) is 0 Å². The molecule has 0 spiro atoms. The molecule has 1 aliphatic rings. The molecule has 1 aliphatic heterocycles. The van der Waals surface area contributed by atoms with Crippen LogP contribution in [0.3, 0.4) is 0 Å². The zero-order valence-corrected chi connectivity index (χ0v) is 12.6. The van der Waals surface area contributed by atoms with Crippen molar-refractivity contribution in [2.75, 3.05) is 45.0 Å². The second-order valence-electron chi connectivity index (χ2n) is 4.90. The highest BCUT2D eigenvalue weighted by Gasteiger charge is 2.08.